The van der Waals surface area contributed by atoms with Gasteiger partial charge in [-0.1, -0.05) is 88.5 Å². The SMILES string of the molecule is CCCCCN1C(=CC=C2CCCC(C=CC3=[N+](CCCCC)c4ccc5c(c4C3(C)C)CC(C)=C5)=C2C)C(C)(C)c2c1ccc1c2C=C(C)C1. The highest BCUT2D eigenvalue weighted by Crippen LogP contribution is 2.52. The van der Waals surface area contributed by atoms with Crippen molar-refractivity contribution in [1.29, 1.82) is 0 Å². The first kappa shape index (κ1) is 35.7. The molecule has 0 aromatic heterocycles. The molecule has 0 atom stereocenters. The predicted molar refractivity (Wildman–Crippen MR) is 222 cm³/mol. The van der Waals surface area contributed by atoms with Gasteiger partial charge in [0, 0.05) is 47.5 Å². The molecule has 2 aromatic rings. The quantitative estimate of drug-likeness (QED) is 0.169. The van der Waals surface area contributed by atoms with Crippen LogP contribution in [0.25, 0.3) is 12.2 Å². The van der Waals surface area contributed by atoms with Crippen LogP contribution in [0.4, 0.5) is 11.4 Å². The van der Waals surface area contributed by atoms with E-state index in [2.05, 4.69) is 133 Å². The van der Waals surface area contributed by atoms with Gasteiger partial charge in [0.2, 0.25) is 5.69 Å². The minimum Gasteiger partial charge on any atom is -0.344 e. The van der Waals surface area contributed by atoms with E-state index in [1.54, 1.807) is 11.1 Å². The summed E-state index contributed by atoms with van der Waals surface area (Å²) in [4.78, 5) is 2.67. The van der Waals surface area contributed by atoms with Gasteiger partial charge in [0.25, 0.3) is 0 Å². The zero-order chi connectivity index (χ0) is 36.1. The average molecular weight is 680 g/mol. The molecule has 0 amide bonds. The summed E-state index contributed by atoms with van der Waals surface area (Å²) in [5.41, 5.74) is 22.3. The molecular formula is C49H63N2+. The summed E-state index contributed by atoms with van der Waals surface area (Å²) in [5, 5.41) is 0. The maximum Gasteiger partial charge on any atom is 0.210 e. The Hall–Kier alpha value is -3.65. The second-order valence-electron chi connectivity index (χ2n) is 17.3. The van der Waals surface area contributed by atoms with Crippen LogP contribution in [0.1, 0.15) is 153 Å². The van der Waals surface area contributed by atoms with Crippen LogP contribution in [0.15, 0.2) is 82.1 Å². The van der Waals surface area contributed by atoms with Crippen molar-refractivity contribution < 1.29 is 4.58 Å². The molecule has 2 heterocycles. The minimum atomic E-state index is -0.0325. The fraction of sp³-hybridized carbons (Fsp3) is 0.490. The molecule has 0 saturated heterocycles. The molecule has 5 aliphatic rings. The van der Waals surface area contributed by atoms with Gasteiger partial charge in [-0.05, 0) is 142 Å². The fourth-order valence-corrected chi connectivity index (χ4v) is 10.1. The molecule has 2 aliphatic heterocycles. The Morgan fingerprint density at radius 2 is 1.53 bits per heavy atom. The standard InChI is InChI=1S/C49H63N2/c1-10-12-14-27-50-42-23-19-38-29-33(3)31-40(38)46(42)48(6,7)44(50)25-21-36-17-16-18-37(35(36)5)22-26-45-49(8,9)47-41-32-34(4)30-39(41)20-24-43(47)51(45)28-15-13-11-2/h19-26,29,32H,10-18,27-28,30-31H2,1-9H3/q+1. The molecule has 2 aromatic carbocycles. The normalized spacial score (nSPS) is 21.6. The maximum absolute atomic E-state index is 2.68. The third-order valence-corrected chi connectivity index (χ3v) is 12.8. The third-order valence-electron chi connectivity index (χ3n) is 12.8. The zero-order valence-corrected chi connectivity index (χ0v) is 33.4. The first-order valence-corrected chi connectivity index (χ1v) is 20.4. The molecular weight excluding hydrogens is 617 g/mol. The van der Waals surface area contributed by atoms with Crippen LogP contribution in [-0.2, 0) is 23.7 Å². The van der Waals surface area contributed by atoms with Crippen molar-refractivity contribution in [2.24, 2.45) is 0 Å². The van der Waals surface area contributed by atoms with Gasteiger partial charge in [-0.2, -0.15) is 4.58 Å². The van der Waals surface area contributed by atoms with Gasteiger partial charge in [0.05, 0.1) is 5.41 Å². The van der Waals surface area contributed by atoms with Crippen LogP contribution in [-0.4, -0.2) is 23.4 Å². The summed E-state index contributed by atoms with van der Waals surface area (Å²) >= 11 is 0. The Kier molecular flexibility index (Phi) is 9.85. The predicted octanol–water partition coefficient (Wildman–Crippen LogP) is 13.0. The first-order chi connectivity index (χ1) is 24.5. The van der Waals surface area contributed by atoms with E-state index in [4.69, 9.17) is 0 Å². The molecule has 0 saturated carbocycles. The van der Waals surface area contributed by atoms with Crippen molar-refractivity contribution in [1.82, 2.24) is 0 Å². The lowest BCUT2D eigenvalue weighted by atomic mass is 9.77. The Labute approximate surface area is 310 Å². The number of fused-ring (bicyclic) bond motifs is 6. The molecule has 7 rings (SSSR count). The van der Waals surface area contributed by atoms with E-state index in [0.29, 0.717) is 0 Å². The van der Waals surface area contributed by atoms with Crippen molar-refractivity contribution >= 4 is 29.2 Å². The summed E-state index contributed by atoms with van der Waals surface area (Å²) in [6, 6.07) is 9.61. The number of nitrogens with zero attached hydrogens (tertiary/aromatic N) is 2. The fourth-order valence-electron chi connectivity index (χ4n) is 10.1. The van der Waals surface area contributed by atoms with Crippen molar-refractivity contribution in [2.75, 3.05) is 18.0 Å². The maximum atomic E-state index is 2.68. The summed E-state index contributed by atoms with van der Waals surface area (Å²) in [7, 11) is 0. The Bertz CT molecular complexity index is 1960. The second kappa shape index (κ2) is 14.1. The molecule has 0 fully saturated rings. The highest BCUT2D eigenvalue weighted by Gasteiger charge is 2.47. The number of hydrogen-bond donors (Lipinski definition) is 0. The van der Waals surface area contributed by atoms with Gasteiger partial charge in [-0.3, -0.25) is 0 Å². The van der Waals surface area contributed by atoms with E-state index in [1.165, 1.54) is 118 Å². The molecule has 0 spiro atoms. The molecule has 2 nitrogen and oxygen atoms in total. The monoisotopic (exact) mass is 679 g/mol. The van der Waals surface area contributed by atoms with E-state index in [9.17, 15) is 0 Å². The number of hydrogen-bond acceptors (Lipinski definition) is 1. The van der Waals surface area contributed by atoms with Gasteiger partial charge < -0.3 is 4.90 Å². The van der Waals surface area contributed by atoms with E-state index in [0.717, 1.165) is 38.8 Å². The molecule has 268 valence electrons. The number of allylic oxidation sites excluding steroid dienone is 10. The molecule has 2 heteroatoms. The number of benzene rings is 2. The van der Waals surface area contributed by atoms with Crippen LogP contribution in [0.5, 0.6) is 0 Å². The summed E-state index contributed by atoms with van der Waals surface area (Å²) < 4.78 is 2.68. The smallest absolute Gasteiger partial charge is 0.210 e. The Morgan fingerprint density at radius 3 is 2.31 bits per heavy atom. The Balaban J connectivity index is 1.23. The third kappa shape index (κ3) is 6.29. The number of anilines is 1. The highest BCUT2D eigenvalue weighted by molar-refractivity contribution is 6.04. The van der Waals surface area contributed by atoms with E-state index in [-0.39, 0.29) is 10.8 Å². The lowest BCUT2D eigenvalue weighted by Crippen LogP contribution is -2.28. The Morgan fingerprint density at radius 1 is 0.765 bits per heavy atom. The van der Waals surface area contributed by atoms with E-state index < -0.39 is 0 Å². The van der Waals surface area contributed by atoms with Crippen molar-refractivity contribution in [3.8, 4) is 0 Å². The molecule has 0 unspecified atom stereocenters. The van der Waals surface area contributed by atoms with Gasteiger partial charge in [-0.25, -0.2) is 0 Å². The van der Waals surface area contributed by atoms with Crippen molar-refractivity contribution in [3.05, 3.63) is 116 Å². The first-order valence-electron chi connectivity index (χ1n) is 20.4. The van der Waals surface area contributed by atoms with Gasteiger partial charge in [-0.15, -0.1) is 0 Å². The number of unbranched alkanes of at least 4 members (excludes halogenated alkanes) is 4. The van der Waals surface area contributed by atoms with E-state index in [1.807, 2.05) is 0 Å². The number of rotatable bonds is 11. The highest BCUT2D eigenvalue weighted by atomic mass is 15.2. The average Bonchev–Trinajstić information content (AvgIpc) is 3.77. The molecule has 3 aliphatic carbocycles. The van der Waals surface area contributed by atoms with E-state index >= 15 is 0 Å². The van der Waals surface area contributed by atoms with Gasteiger partial charge in [0.1, 0.15) is 6.54 Å². The van der Waals surface area contributed by atoms with Crippen LogP contribution in [0.2, 0.25) is 0 Å². The molecule has 51 heavy (non-hydrogen) atoms. The minimum absolute atomic E-state index is 0.0216. The van der Waals surface area contributed by atoms with Crippen LogP contribution >= 0.6 is 0 Å². The summed E-state index contributed by atoms with van der Waals surface area (Å²) in [5.74, 6) is 0. The molecule has 0 N–H and O–H groups in total. The topological polar surface area (TPSA) is 6.25 Å². The lowest BCUT2D eigenvalue weighted by molar-refractivity contribution is -0.438. The largest absolute Gasteiger partial charge is 0.344 e. The van der Waals surface area contributed by atoms with Gasteiger partial charge in [0.15, 0.2) is 5.71 Å². The summed E-state index contributed by atoms with van der Waals surface area (Å²) in [6.07, 6.45) is 28.1. The van der Waals surface area contributed by atoms with Crippen molar-refractivity contribution in [2.45, 2.75) is 144 Å². The van der Waals surface area contributed by atoms with Crippen LogP contribution in [0.3, 0.4) is 0 Å². The van der Waals surface area contributed by atoms with Gasteiger partial charge >= 0.3 is 0 Å². The molecule has 0 bridgehead atoms. The summed E-state index contributed by atoms with van der Waals surface area (Å²) in [6.45, 7) is 23.6. The second-order valence-corrected chi connectivity index (χ2v) is 17.3. The van der Waals surface area contributed by atoms with Crippen molar-refractivity contribution in [3.63, 3.8) is 0 Å². The lowest BCUT2D eigenvalue weighted by Gasteiger charge is -2.27. The van der Waals surface area contributed by atoms with Crippen LogP contribution < -0.4 is 4.90 Å². The molecule has 0 radical (unpaired) electrons. The zero-order valence-electron chi connectivity index (χ0n) is 33.4. The van der Waals surface area contributed by atoms with Crippen LogP contribution in [0, 0.1) is 0 Å².